The highest BCUT2D eigenvalue weighted by Crippen LogP contribution is 2.31. The van der Waals surface area contributed by atoms with E-state index in [0.29, 0.717) is 12.2 Å². The average Bonchev–Trinajstić information content (AvgIpc) is 3.42. The lowest BCUT2D eigenvalue weighted by Gasteiger charge is -2.43. The first-order valence-corrected chi connectivity index (χ1v) is 11.7. The minimum Gasteiger partial charge on any atom is -0.461 e. The van der Waals surface area contributed by atoms with Gasteiger partial charge in [0, 0.05) is 17.0 Å². The van der Waals surface area contributed by atoms with Gasteiger partial charge in [0.15, 0.2) is 5.69 Å². The van der Waals surface area contributed by atoms with Crippen molar-refractivity contribution in [3.05, 3.63) is 39.8 Å². The summed E-state index contributed by atoms with van der Waals surface area (Å²) >= 11 is 1.54. The smallest absolute Gasteiger partial charge is 0.358 e. The normalized spacial score (nSPS) is 21.6. The Bertz CT molecular complexity index is 964. The van der Waals surface area contributed by atoms with Crippen LogP contribution in [0.3, 0.4) is 0 Å². The quantitative estimate of drug-likeness (QED) is 0.692. The van der Waals surface area contributed by atoms with E-state index >= 15 is 0 Å². The van der Waals surface area contributed by atoms with E-state index in [-0.39, 0.29) is 36.7 Å². The maximum absolute atomic E-state index is 13.5. The summed E-state index contributed by atoms with van der Waals surface area (Å²) in [6.07, 6.45) is 5.32. The van der Waals surface area contributed by atoms with Crippen molar-refractivity contribution in [1.82, 2.24) is 20.0 Å². The van der Waals surface area contributed by atoms with Crippen LogP contribution in [0.4, 0.5) is 0 Å². The van der Waals surface area contributed by atoms with Crippen molar-refractivity contribution in [1.29, 1.82) is 0 Å². The summed E-state index contributed by atoms with van der Waals surface area (Å²) in [4.78, 5) is 41.7. The van der Waals surface area contributed by atoms with Crippen LogP contribution < -0.4 is 5.32 Å². The van der Waals surface area contributed by atoms with Gasteiger partial charge in [-0.25, -0.2) is 4.79 Å². The minimum absolute atomic E-state index is 0.0817. The summed E-state index contributed by atoms with van der Waals surface area (Å²) in [5.74, 6) is -1.07. The standard InChI is InChI=1S/C22H28N4O4S/c1-3-30-20(28)17-12-18-19(27)25(13-16-10-7-11-31-16)22(2,14-26(18)24-17)21(29)23-15-8-5-4-6-9-15/h7,10-12,15H,3-6,8-9,13-14H2,1-2H3,(H,23,29). The third-order valence-electron chi connectivity index (χ3n) is 6.11. The number of nitrogens with one attached hydrogen (secondary N) is 1. The van der Waals surface area contributed by atoms with Crippen LogP contribution in [-0.4, -0.2) is 50.7 Å². The molecule has 0 spiro atoms. The fraction of sp³-hybridized carbons (Fsp3) is 0.545. The molecule has 3 heterocycles. The number of esters is 1. The van der Waals surface area contributed by atoms with Crippen LogP contribution in [-0.2, 0) is 22.6 Å². The average molecular weight is 445 g/mol. The Morgan fingerprint density at radius 3 is 2.77 bits per heavy atom. The van der Waals surface area contributed by atoms with Crippen LogP contribution in [0.5, 0.6) is 0 Å². The summed E-state index contributed by atoms with van der Waals surface area (Å²) in [6.45, 7) is 4.23. The first kappa shape index (κ1) is 21.5. The highest BCUT2D eigenvalue weighted by Gasteiger charge is 2.48. The number of aromatic nitrogens is 2. The molecule has 2 aromatic rings. The Balaban J connectivity index is 1.66. The van der Waals surface area contributed by atoms with Crippen LogP contribution in [0.1, 0.15) is 71.8 Å². The molecule has 2 amide bonds. The number of carbonyl (C=O) groups excluding carboxylic acids is 3. The SMILES string of the molecule is CCOC(=O)c1cc2n(n1)CC(C)(C(=O)NC1CCCCC1)N(Cc1cccs1)C2=O. The highest BCUT2D eigenvalue weighted by atomic mass is 32.1. The lowest BCUT2D eigenvalue weighted by molar-refractivity contribution is -0.134. The molecule has 0 bridgehead atoms. The number of thiophene rings is 1. The zero-order valence-electron chi connectivity index (χ0n) is 17.9. The molecule has 1 saturated carbocycles. The number of hydrogen-bond donors (Lipinski definition) is 1. The summed E-state index contributed by atoms with van der Waals surface area (Å²) in [5, 5.41) is 9.42. The molecule has 4 rings (SSSR count). The number of carbonyl (C=O) groups is 3. The number of amides is 2. The van der Waals surface area contributed by atoms with Crippen molar-refractivity contribution in [2.45, 2.75) is 70.6 Å². The second-order valence-corrected chi connectivity index (χ2v) is 9.38. The van der Waals surface area contributed by atoms with E-state index < -0.39 is 11.5 Å². The first-order chi connectivity index (χ1) is 14.9. The largest absolute Gasteiger partial charge is 0.461 e. The Morgan fingerprint density at radius 2 is 2.10 bits per heavy atom. The van der Waals surface area contributed by atoms with Gasteiger partial charge in [0.05, 0.1) is 19.7 Å². The Hall–Kier alpha value is -2.68. The van der Waals surface area contributed by atoms with E-state index in [1.807, 2.05) is 17.5 Å². The molecule has 1 aliphatic heterocycles. The van der Waals surface area contributed by atoms with Crippen molar-refractivity contribution in [3.8, 4) is 0 Å². The molecule has 1 fully saturated rings. The second kappa shape index (κ2) is 8.82. The van der Waals surface area contributed by atoms with Gasteiger partial charge in [-0.1, -0.05) is 25.3 Å². The van der Waals surface area contributed by atoms with E-state index in [2.05, 4.69) is 10.4 Å². The van der Waals surface area contributed by atoms with Gasteiger partial charge in [-0.15, -0.1) is 11.3 Å². The lowest BCUT2D eigenvalue weighted by atomic mass is 9.91. The van der Waals surface area contributed by atoms with Gasteiger partial charge in [-0.05, 0) is 38.1 Å². The van der Waals surface area contributed by atoms with Crippen molar-refractivity contribution in [2.24, 2.45) is 0 Å². The molecule has 1 atom stereocenters. The molecule has 0 aromatic carbocycles. The Morgan fingerprint density at radius 1 is 1.32 bits per heavy atom. The molecule has 1 unspecified atom stereocenters. The summed E-state index contributed by atoms with van der Waals surface area (Å²) < 4.78 is 6.51. The molecular weight excluding hydrogens is 416 g/mol. The van der Waals surface area contributed by atoms with Crippen LogP contribution in [0.15, 0.2) is 23.6 Å². The van der Waals surface area contributed by atoms with Crippen molar-refractivity contribution in [2.75, 3.05) is 6.61 Å². The fourth-order valence-corrected chi connectivity index (χ4v) is 5.03. The van der Waals surface area contributed by atoms with E-state index in [4.69, 9.17) is 4.74 Å². The van der Waals surface area contributed by atoms with Gasteiger partial charge in [-0.2, -0.15) is 5.10 Å². The van der Waals surface area contributed by atoms with E-state index in [1.165, 1.54) is 17.2 Å². The van der Waals surface area contributed by atoms with Gasteiger partial charge >= 0.3 is 5.97 Å². The number of hydrogen-bond acceptors (Lipinski definition) is 6. The van der Waals surface area contributed by atoms with Gasteiger partial charge in [-0.3, -0.25) is 14.3 Å². The summed E-state index contributed by atoms with van der Waals surface area (Å²) in [5.41, 5.74) is -0.746. The lowest BCUT2D eigenvalue weighted by Crippen LogP contribution is -2.64. The van der Waals surface area contributed by atoms with Crippen LogP contribution in [0, 0.1) is 0 Å². The fourth-order valence-electron chi connectivity index (χ4n) is 4.34. The molecule has 0 radical (unpaired) electrons. The zero-order chi connectivity index (χ0) is 22.0. The van der Waals surface area contributed by atoms with E-state index in [0.717, 1.165) is 30.6 Å². The van der Waals surface area contributed by atoms with Crippen LogP contribution in [0.2, 0.25) is 0 Å². The molecule has 2 aromatic heterocycles. The van der Waals surface area contributed by atoms with E-state index in [9.17, 15) is 14.4 Å². The molecular formula is C22H28N4O4S. The monoisotopic (exact) mass is 444 g/mol. The van der Waals surface area contributed by atoms with Crippen LogP contribution in [0.25, 0.3) is 0 Å². The highest BCUT2D eigenvalue weighted by molar-refractivity contribution is 7.09. The van der Waals surface area contributed by atoms with Crippen LogP contribution >= 0.6 is 11.3 Å². The number of ether oxygens (including phenoxy) is 1. The van der Waals surface area contributed by atoms with E-state index in [1.54, 1.807) is 30.1 Å². The van der Waals surface area contributed by atoms with Gasteiger partial charge in [0.2, 0.25) is 5.91 Å². The third kappa shape index (κ3) is 4.23. The summed E-state index contributed by atoms with van der Waals surface area (Å²) in [7, 11) is 0. The molecule has 31 heavy (non-hydrogen) atoms. The minimum atomic E-state index is -1.12. The number of fused-ring (bicyclic) bond motifs is 1. The maximum atomic E-state index is 13.5. The Labute approximate surface area is 185 Å². The zero-order valence-corrected chi connectivity index (χ0v) is 18.7. The molecule has 166 valence electrons. The molecule has 1 N–H and O–H groups in total. The molecule has 9 heteroatoms. The van der Waals surface area contributed by atoms with Gasteiger partial charge < -0.3 is 15.0 Å². The number of rotatable bonds is 6. The molecule has 0 saturated heterocycles. The van der Waals surface area contributed by atoms with Crippen molar-refractivity contribution >= 4 is 29.1 Å². The molecule has 1 aliphatic carbocycles. The second-order valence-electron chi connectivity index (χ2n) is 8.35. The van der Waals surface area contributed by atoms with Crippen molar-refractivity contribution < 1.29 is 19.1 Å². The molecule has 8 nitrogen and oxygen atoms in total. The first-order valence-electron chi connectivity index (χ1n) is 10.8. The third-order valence-corrected chi connectivity index (χ3v) is 6.97. The predicted molar refractivity (Wildman–Crippen MR) is 116 cm³/mol. The van der Waals surface area contributed by atoms with Gasteiger partial charge in [0.1, 0.15) is 11.2 Å². The topological polar surface area (TPSA) is 93.5 Å². The van der Waals surface area contributed by atoms with Gasteiger partial charge in [0.25, 0.3) is 5.91 Å². The summed E-state index contributed by atoms with van der Waals surface area (Å²) in [6, 6.07) is 5.47. The van der Waals surface area contributed by atoms with Crippen molar-refractivity contribution in [3.63, 3.8) is 0 Å². The molecule has 2 aliphatic rings. The Kier molecular flexibility index (Phi) is 6.13. The maximum Gasteiger partial charge on any atom is 0.358 e. The number of nitrogens with zero attached hydrogens (tertiary/aromatic N) is 3. The predicted octanol–water partition coefficient (Wildman–Crippen LogP) is 2.98.